The number of anilines is 1. The quantitative estimate of drug-likeness (QED) is 0.610. The van der Waals surface area contributed by atoms with E-state index in [0.717, 1.165) is 0 Å². The number of hydrogen-bond acceptors (Lipinski definition) is 2. The van der Waals surface area contributed by atoms with E-state index in [-0.39, 0.29) is 6.29 Å². The first-order valence-corrected chi connectivity index (χ1v) is 4.10. The number of rotatable bonds is 2. The molecule has 0 saturated carbocycles. The molecule has 0 atom stereocenters. The first kappa shape index (κ1) is 10.0. The topological polar surface area (TPSA) is 46.2 Å². The zero-order chi connectivity index (χ0) is 9.84. The van der Waals surface area contributed by atoms with Crippen LogP contribution in [-0.2, 0) is 9.59 Å². The lowest BCUT2D eigenvalue weighted by atomic mass is 10.3. The normalized spacial score (nSPS) is 9.38. The van der Waals surface area contributed by atoms with Gasteiger partial charge in [-0.1, -0.05) is 23.2 Å². The van der Waals surface area contributed by atoms with Crippen LogP contribution in [0.4, 0.5) is 5.69 Å². The van der Waals surface area contributed by atoms with E-state index in [4.69, 9.17) is 23.2 Å². The molecule has 68 valence electrons. The summed E-state index contributed by atoms with van der Waals surface area (Å²) in [4.78, 5) is 20.7. The fraction of sp³-hybridized carbons (Fsp3) is 0. The number of amides is 1. The van der Waals surface area contributed by atoms with Crippen molar-refractivity contribution in [2.24, 2.45) is 0 Å². The molecule has 13 heavy (non-hydrogen) atoms. The Kier molecular flexibility index (Phi) is 3.28. The van der Waals surface area contributed by atoms with Gasteiger partial charge in [0.25, 0.3) is 5.91 Å². The van der Waals surface area contributed by atoms with Crippen molar-refractivity contribution in [1.82, 2.24) is 0 Å². The number of carbonyl (C=O) groups excluding carboxylic acids is 2. The number of halogens is 2. The van der Waals surface area contributed by atoms with Gasteiger partial charge in [0.1, 0.15) is 0 Å². The first-order chi connectivity index (χ1) is 6.13. The van der Waals surface area contributed by atoms with Gasteiger partial charge in [0, 0.05) is 5.02 Å². The van der Waals surface area contributed by atoms with Gasteiger partial charge in [-0.05, 0) is 18.2 Å². The number of carbonyl (C=O) groups is 2. The van der Waals surface area contributed by atoms with Crippen molar-refractivity contribution in [3.63, 3.8) is 0 Å². The second-order valence-electron chi connectivity index (χ2n) is 2.23. The molecule has 1 amide bonds. The van der Waals surface area contributed by atoms with Crippen LogP contribution in [0.2, 0.25) is 10.0 Å². The van der Waals surface area contributed by atoms with Gasteiger partial charge in [-0.3, -0.25) is 9.59 Å². The maximum atomic E-state index is 10.6. The van der Waals surface area contributed by atoms with Crippen molar-refractivity contribution in [2.45, 2.75) is 0 Å². The summed E-state index contributed by atoms with van der Waals surface area (Å²) in [5.74, 6) is -0.746. The summed E-state index contributed by atoms with van der Waals surface area (Å²) in [7, 11) is 0. The van der Waals surface area contributed by atoms with E-state index in [1.807, 2.05) is 0 Å². The molecule has 1 N–H and O–H groups in total. The number of nitrogens with one attached hydrogen (secondary N) is 1. The lowest BCUT2D eigenvalue weighted by molar-refractivity contribution is -0.127. The SMILES string of the molecule is O=CC(=O)Nc1ccc(Cl)cc1Cl. The smallest absolute Gasteiger partial charge is 0.288 e. The number of benzene rings is 1. The van der Waals surface area contributed by atoms with Crippen LogP contribution in [0.25, 0.3) is 0 Å². The van der Waals surface area contributed by atoms with E-state index < -0.39 is 5.91 Å². The molecule has 5 heteroatoms. The Labute approximate surface area is 84.6 Å². The summed E-state index contributed by atoms with van der Waals surface area (Å²) < 4.78 is 0. The molecule has 0 saturated heterocycles. The second kappa shape index (κ2) is 4.25. The monoisotopic (exact) mass is 217 g/mol. The zero-order valence-electron chi connectivity index (χ0n) is 6.38. The van der Waals surface area contributed by atoms with Gasteiger partial charge in [-0.2, -0.15) is 0 Å². The Bertz CT molecular complexity index is 352. The van der Waals surface area contributed by atoms with Gasteiger partial charge in [-0.15, -0.1) is 0 Å². The molecule has 0 spiro atoms. The largest absolute Gasteiger partial charge is 0.318 e. The molecular formula is C8H5Cl2NO2. The Balaban J connectivity index is 2.89. The van der Waals surface area contributed by atoms with Crippen LogP contribution < -0.4 is 5.32 Å². The molecule has 0 fully saturated rings. The predicted octanol–water partition coefficient (Wildman–Crippen LogP) is 2.13. The zero-order valence-corrected chi connectivity index (χ0v) is 7.89. The number of hydrogen-bond donors (Lipinski definition) is 1. The van der Waals surface area contributed by atoms with Crippen LogP contribution in [0.15, 0.2) is 18.2 Å². The lowest BCUT2D eigenvalue weighted by Crippen LogP contribution is -2.12. The van der Waals surface area contributed by atoms with E-state index in [0.29, 0.717) is 15.7 Å². The average Bonchev–Trinajstić information content (AvgIpc) is 2.09. The molecule has 0 unspecified atom stereocenters. The summed E-state index contributed by atoms with van der Waals surface area (Å²) in [6, 6.07) is 4.56. The maximum Gasteiger partial charge on any atom is 0.288 e. The molecule has 0 aromatic heterocycles. The lowest BCUT2D eigenvalue weighted by Gasteiger charge is -2.03. The van der Waals surface area contributed by atoms with E-state index in [1.54, 1.807) is 6.07 Å². The molecular weight excluding hydrogens is 213 g/mol. The molecule has 3 nitrogen and oxygen atoms in total. The molecule has 0 bridgehead atoms. The van der Waals surface area contributed by atoms with Crippen molar-refractivity contribution >= 4 is 41.1 Å². The summed E-state index contributed by atoms with van der Waals surface area (Å²) in [5.41, 5.74) is 0.364. The van der Waals surface area contributed by atoms with E-state index in [9.17, 15) is 9.59 Å². The third-order valence-corrected chi connectivity index (χ3v) is 1.84. The average molecular weight is 218 g/mol. The van der Waals surface area contributed by atoms with Crippen molar-refractivity contribution < 1.29 is 9.59 Å². The molecule has 0 radical (unpaired) electrons. The van der Waals surface area contributed by atoms with Gasteiger partial charge in [0.15, 0.2) is 0 Å². The summed E-state index contributed by atoms with van der Waals surface area (Å²) in [6.07, 6.45) is 0.172. The van der Waals surface area contributed by atoms with Crippen LogP contribution in [0, 0.1) is 0 Å². The van der Waals surface area contributed by atoms with Crippen molar-refractivity contribution in [2.75, 3.05) is 5.32 Å². The fourth-order valence-corrected chi connectivity index (χ4v) is 1.21. The summed E-state index contributed by atoms with van der Waals surface area (Å²) in [5, 5.41) is 3.05. The molecule has 0 aliphatic heterocycles. The molecule has 0 aliphatic carbocycles. The van der Waals surface area contributed by atoms with Crippen LogP contribution in [0.3, 0.4) is 0 Å². The molecule has 0 heterocycles. The molecule has 1 rings (SSSR count). The highest BCUT2D eigenvalue weighted by atomic mass is 35.5. The van der Waals surface area contributed by atoms with Gasteiger partial charge < -0.3 is 5.32 Å². The Morgan fingerprint density at radius 1 is 1.38 bits per heavy atom. The van der Waals surface area contributed by atoms with Crippen molar-refractivity contribution in [3.05, 3.63) is 28.2 Å². The highest BCUT2D eigenvalue weighted by Crippen LogP contribution is 2.24. The van der Waals surface area contributed by atoms with E-state index in [1.165, 1.54) is 12.1 Å². The minimum atomic E-state index is -0.746. The van der Waals surface area contributed by atoms with E-state index in [2.05, 4.69) is 5.32 Å². The van der Waals surface area contributed by atoms with Crippen LogP contribution in [0.1, 0.15) is 0 Å². The predicted molar refractivity (Wildman–Crippen MR) is 51.2 cm³/mol. The number of aldehydes is 1. The third-order valence-electron chi connectivity index (χ3n) is 1.30. The van der Waals surface area contributed by atoms with Gasteiger partial charge in [-0.25, -0.2) is 0 Å². The van der Waals surface area contributed by atoms with Gasteiger partial charge in [0.2, 0.25) is 6.29 Å². The van der Waals surface area contributed by atoms with Crippen molar-refractivity contribution in [1.29, 1.82) is 0 Å². The van der Waals surface area contributed by atoms with Crippen LogP contribution >= 0.6 is 23.2 Å². The summed E-state index contributed by atoms with van der Waals surface area (Å²) in [6.45, 7) is 0. The molecule has 0 aliphatic rings. The van der Waals surface area contributed by atoms with Crippen molar-refractivity contribution in [3.8, 4) is 0 Å². The Morgan fingerprint density at radius 2 is 2.08 bits per heavy atom. The Hall–Kier alpha value is -1.06. The minimum absolute atomic E-state index is 0.172. The van der Waals surface area contributed by atoms with Gasteiger partial charge >= 0.3 is 0 Å². The standard InChI is InChI=1S/C8H5Cl2NO2/c9-5-1-2-7(6(10)3-5)11-8(13)4-12/h1-4H,(H,11,13). The fourth-order valence-electron chi connectivity index (χ4n) is 0.753. The highest BCUT2D eigenvalue weighted by molar-refractivity contribution is 6.38. The first-order valence-electron chi connectivity index (χ1n) is 3.34. The van der Waals surface area contributed by atoms with Crippen LogP contribution in [-0.4, -0.2) is 12.2 Å². The molecule has 1 aromatic rings. The Morgan fingerprint density at radius 3 is 2.62 bits per heavy atom. The second-order valence-corrected chi connectivity index (χ2v) is 3.07. The molecule has 1 aromatic carbocycles. The summed E-state index contributed by atoms with van der Waals surface area (Å²) >= 11 is 11.3. The minimum Gasteiger partial charge on any atom is -0.318 e. The third kappa shape index (κ3) is 2.72. The van der Waals surface area contributed by atoms with Crippen LogP contribution in [0.5, 0.6) is 0 Å². The van der Waals surface area contributed by atoms with E-state index >= 15 is 0 Å². The highest BCUT2D eigenvalue weighted by Gasteiger charge is 2.04. The maximum absolute atomic E-state index is 10.6. The van der Waals surface area contributed by atoms with Gasteiger partial charge in [0.05, 0.1) is 10.7 Å².